The van der Waals surface area contributed by atoms with Crippen LogP contribution >= 0.6 is 0 Å². The predicted molar refractivity (Wildman–Crippen MR) is 111 cm³/mol. The number of hydrogen-bond acceptors (Lipinski definition) is 3. The Morgan fingerprint density at radius 3 is 2.57 bits per heavy atom. The van der Waals surface area contributed by atoms with Crippen molar-refractivity contribution in [2.75, 3.05) is 0 Å². The molecule has 28 heavy (non-hydrogen) atoms. The molecule has 0 radical (unpaired) electrons. The second kappa shape index (κ2) is 8.13. The van der Waals surface area contributed by atoms with Crippen molar-refractivity contribution in [1.82, 2.24) is 0 Å². The average Bonchev–Trinajstić information content (AvgIpc) is 2.72. The number of fused-ring (bicyclic) bond motifs is 1. The van der Waals surface area contributed by atoms with E-state index in [1.54, 1.807) is 0 Å². The molecule has 0 bridgehead atoms. The first-order valence-electron chi connectivity index (χ1n) is 9.43. The van der Waals surface area contributed by atoms with Gasteiger partial charge in [-0.15, -0.1) is 0 Å². The lowest BCUT2D eigenvalue weighted by Crippen LogP contribution is -2.25. The first-order valence-corrected chi connectivity index (χ1v) is 9.43. The van der Waals surface area contributed by atoms with E-state index in [2.05, 4.69) is 31.2 Å². The molecule has 0 aromatic heterocycles. The lowest BCUT2D eigenvalue weighted by atomic mass is 9.99. The van der Waals surface area contributed by atoms with Crippen LogP contribution in [0.5, 0.6) is 11.5 Å². The van der Waals surface area contributed by atoms with E-state index in [1.807, 2.05) is 60.7 Å². The SMILES string of the molecule is Cc1ccc(/C=C/C2CC(=O)c3c(OCc4ccccc4)cccc3O2)cc1. The van der Waals surface area contributed by atoms with Gasteiger partial charge in [-0.3, -0.25) is 4.79 Å². The molecule has 0 saturated heterocycles. The fraction of sp³-hybridized carbons (Fsp3) is 0.160. The second-order valence-electron chi connectivity index (χ2n) is 6.96. The molecule has 0 fully saturated rings. The van der Waals surface area contributed by atoms with Crippen LogP contribution in [0.4, 0.5) is 0 Å². The maximum absolute atomic E-state index is 12.8. The van der Waals surface area contributed by atoms with Crippen molar-refractivity contribution in [2.45, 2.75) is 26.1 Å². The third kappa shape index (κ3) is 4.15. The molecular weight excluding hydrogens is 348 g/mol. The van der Waals surface area contributed by atoms with Gasteiger partial charge in [0.25, 0.3) is 0 Å². The molecule has 0 aliphatic carbocycles. The summed E-state index contributed by atoms with van der Waals surface area (Å²) in [5, 5.41) is 0. The monoisotopic (exact) mass is 370 g/mol. The van der Waals surface area contributed by atoms with Crippen molar-refractivity contribution < 1.29 is 14.3 Å². The number of benzene rings is 3. The van der Waals surface area contributed by atoms with E-state index >= 15 is 0 Å². The van der Waals surface area contributed by atoms with Gasteiger partial charge < -0.3 is 9.47 Å². The molecule has 3 aromatic carbocycles. The predicted octanol–water partition coefficient (Wildman–Crippen LogP) is 5.62. The summed E-state index contributed by atoms with van der Waals surface area (Å²) in [6.45, 7) is 2.48. The molecular formula is C25H22O3. The van der Waals surface area contributed by atoms with Gasteiger partial charge in [-0.1, -0.05) is 72.3 Å². The Morgan fingerprint density at radius 2 is 1.79 bits per heavy atom. The lowest BCUT2D eigenvalue weighted by Gasteiger charge is -2.24. The van der Waals surface area contributed by atoms with Gasteiger partial charge >= 0.3 is 0 Å². The third-order valence-electron chi connectivity index (χ3n) is 4.75. The summed E-state index contributed by atoms with van der Waals surface area (Å²) in [4.78, 5) is 12.8. The maximum atomic E-state index is 12.8. The molecule has 0 N–H and O–H groups in total. The van der Waals surface area contributed by atoms with Crippen LogP contribution in [0, 0.1) is 6.92 Å². The van der Waals surface area contributed by atoms with E-state index in [0.717, 1.165) is 11.1 Å². The zero-order valence-electron chi connectivity index (χ0n) is 15.8. The highest BCUT2D eigenvalue weighted by Gasteiger charge is 2.28. The first kappa shape index (κ1) is 18.1. The van der Waals surface area contributed by atoms with Gasteiger partial charge in [0.1, 0.15) is 29.8 Å². The maximum Gasteiger partial charge on any atom is 0.174 e. The number of rotatable bonds is 5. The summed E-state index contributed by atoms with van der Waals surface area (Å²) >= 11 is 0. The summed E-state index contributed by atoms with van der Waals surface area (Å²) in [5.74, 6) is 1.20. The highest BCUT2D eigenvalue weighted by Crippen LogP contribution is 2.35. The van der Waals surface area contributed by atoms with Crippen molar-refractivity contribution >= 4 is 11.9 Å². The minimum absolute atomic E-state index is 0.0449. The topological polar surface area (TPSA) is 35.5 Å². The van der Waals surface area contributed by atoms with Crippen LogP contribution in [0.25, 0.3) is 6.08 Å². The lowest BCUT2D eigenvalue weighted by molar-refractivity contribution is 0.0887. The average molecular weight is 370 g/mol. The number of Topliss-reactive ketones (excluding diaryl/α,β-unsaturated/α-hetero) is 1. The smallest absolute Gasteiger partial charge is 0.174 e. The Kier molecular flexibility index (Phi) is 5.24. The molecule has 1 aliphatic rings. The van der Waals surface area contributed by atoms with Crippen molar-refractivity contribution in [1.29, 1.82) is 0 Å². The number of ether oxygens (including phenoxy) is 2. The molecule has 3 heteroatoms. The number of ketones is 1. The van der Waals surface area contributed by atoms with Crippen LogP contribution in [0.2, 0.25) is 0 Å². The Morgan fingerprint density at radius 1 is 1.00 bits per heavy atom. The molecule has 3 nitrogen and oxygen atoms in total. The van der Waals surface area contributed by atoms with E-state index < -0.39 is 0 Å². The van der Waals surface area contributed by atoms with Gasteiger partial charge in [0, 0.05) is 0 Å². The van der Waals surface area contributed by atoms with Crippen LogP contribution in [-0.2, 0) is 6.61 Å². The minimum atomic E-state index is -0.273. The number of hydrogen-bond donors (Lipinski definition) is 0. The van der Waals surface area contributed by atoms with Crippen LogP contribution in [0.1, 0.15) is 33.5 Å². The van der Waals surface area contributed by atoms with E-state index in [9.17, 15) is 4.79 Å². The Balaban J connectivity index is 1.49. The van der Waals surface area contributed by atoms with Gasteiger partial charge in [0.05, 0.1) is 6.42 Å². The fourth-order valence-electron chi connectivity index (χ4n) is 3.23. The van der Waals surface area contributed by atoms with E-state index in [1.165, 1.54) is 5.56 Å². The van der Waals surface area contributed by atoms with Crippen molar-refractivity contribution in [3.05, 3.63) is 101 Å². The van der Waals surface area contributed by atoms with Crippen molar-refractivity contribution in [2.24, 2.45) is 0 Å². The molecule has 1 atom stereocenters. The molecule has 1 unspecified atom stereocenters. The number of aryl methyl sites for hydroxylation is 1. The summed E-state index contributed by atoms with van der Waals surface area (Å²) < 4.78 is 12.0. The largest absolute Gasteiger partial charge is 0.488 e. The molecule has 1 aliphatic heterocycles. The summed E-state index contributed by atoms with van der Waals surface area (Å²) in [6.07, 6.45) is 3.98. The van der Waals surface area contributed by atoms with Crippen LogP contribution < -0.4 is 9.47 Å². The molecule has 0 saturated carbocycles. The molecule has 0 amide bonds. The fourth-order valence-corrected chi connectivity index (χ4v) is 3.23. The zero-order valence-corrected chi connectivity index (χ0v) is 15.8. The van der Waals surface area contributed by atoms with Gasteiger partial charge in [-0.25, -0.2) is 0 Å². The van der Waals surface area contributed by atoms with E-state index in [4.69, 9.17) is 9.47 Å². The molecule has 4 rings (SSSR count). The summed E-state index contributed by atoms with van der Waals surface area (Å²) in [5.41, 5.74) is 3.91. The van der Waals surface area contributed by atoms with Gasteiger partial charge in [0.15, 0.2) is 5.78 Å². The van der Waals surface area contributed by atoms with Crippen LogP contribution in [-0.4, -0.2) is 11.9 Å². The Hall–Kier alpha value is -3.33. The normalized spacial score (nSPS) is 15.9. The van der Waals surface area contributed by atoms with Crippen LogP contribution in [0.15, 0.2) is 78.9 Å². The molecule has 140 valence electrons. The standard InChI is InChI=1S/C25H22O3/c1-18-10-12-19(13-11-18)14-15-21-16-22(26)25-23(8-5-9-24(25)28-21)27-17-20-6-3-2-4-7-20/h2-15,21H,16-17H2,1H3/b15-14+. The Labute approximate surface area is 165 Å². The van der Waals surface area contributed by atoms with Crippen molar-refractivity contribution in [3.8, 4) is 11.5 Å². The van der Waals surface area contributed by atoms with Crippen molar-refractivity contribution in [3.63, 3.8) is 0 Å². The van der Waals surface area contributed by atoms with E-state index in [-0.39, 0.29) is 11.9 Å². The first-order chi connectivity index (χ1) is 13.7. The summed E-state index contributed by atoms with van der Waals surface area (Å²) in [7, 11) is 0. The van der Waals surface area contributed by atoms with E-state index in [0.29, 0.717) is 30.1 Å². The third-order valence-corrected chi connectivity index (χ3v) is 4.75. The van der Waals surface area contributed by atoms with Gasteiger partial charge in [0.2, 0.25) is 0 Å². The minimum Gasteiger partial charge on any atom is -0.488 e. The second-order valence-corrected chi connectivity index (χ2v) is 6.96. The highest BCUT2D eigenvalue weighted by atomic mass is 16.5. The quantitative estimate of drug-likeness (QED) is 0.585. The molecule has 3 aromatic rings. The summed E-state index contributed by atoms with van der Waals surface area (Å²) in [6, 6.07) is 23.7. The number of carbonyl (C=O) groups excluding carboxylic acids is 1. The Bertz CT molecular complexity index is 988. The number of carbonyl (C=O) groups is 1. The molecule has 0 spiro atoms. The van der Waals surface area contributed by atoms with Crippen LogP contribution in [0.3, 0.4) is 0 Å². The molecule has 1 heterocycles. The van der Waals surface area contributed by atoms with Gasteiger partial charge in [-0.2, -0.15) is 0 Å². The highest BCUT2D eigenvalue weighted by molar-refractivity contribution is 6.02. The zero-order chi connectivity index (χ0) is 19.3. The van der Waals surface area contributed by atoms with Gasteiger partial charge in [-0.05, 0) is 36.3 Å².